The van der Waals surface area contributed by atoms with Crippen LogP contribution in [0, 0.1) is 17.8 Å². The fourth-order valence-corrected chi connectivity index (χ4v) is 3.11. The van der Waals surface area contributed by atoms with Crippen molar-refractivity contribution in [1.82, 2.24) is 5.32 Å². The molecule has 0 aliphatic heterocycles. The van der Waals surface area contributed by atoms with Crippen LogP contribution in [0.1, 0.15) is 39.5 Å². The van der Waals surface area contributed by atoms with Gasteiger partial charge in [0.25, 0.3) is 0 Å². The smallest absolute Gasteiger partial charge is 0.0309 e. The molecule has 0 amide bonds. The maximum atomic E-state index is 5.80. The van der Waals surface area contributed by atoms with Gasteiger partial charge in [-0.25, -0.2) is 0 Å². The highest BCUT2D eigenvalue weighted by Crippen LogP contribution is 2.35. The van der Waals surface area contributed by atoms with Crippen LogP contribution in [0.25, 0.3) is 0 Å². The van der Waals surface area contributed by atoms with Crippen molar-refractivity contribution in [3.05, 3.63) is 12.8 Å². The Morgan fingerprint density at radius 3 is 2.73 bits per heavy atom. The first-order chi connectivity index (χ1) is 7.22. The van der Waals surface area contributed by atoms with Crippen molar-refractivity contribution in [2.45, 2.75) is 45.6 Å². The van der Waals surface area contributed by atoms with Crippen LogP contribution in [-0.4, -0.2) is 12.6 Å². The van der Waals surface area contributed by atoms with Crippen LogP contribution in [0.5, 0.6) is 0 Å². The van der Waals surface area contributed by atoms with Gasteiger partial charge in [-0.05, 0) is 49.8 Å². The molecule has 1 fully saturated rings. The van der Waals surface area contributed by atoms with Gasteiger partial charge in [0.1, 0.15) is 0 Å². The highest BCUT2D eigenvalue weighted by atomic mass is 14.9. The average molecular weight is 210 g/mol. The maximum Gasteiger partial charge on any atom is 0.0309 e. The van der Waals surface area contributed by atoms with Crippen LogP contribution < -0.4 is 11.1 Å². The Hall–Kier alpha value is -0.500. The molecule has 0 heterocycles. The van der Waals surface area contributed by atoms with Crippen LogP contribution in [0.3, 0.4) is 0 Å². The Morgan fingerprint density at radius 2 is 2.20 bits per heavy atom. The minimum Gasteiger partial charge on any atom is -0.388 e. The Balaban J connectivity index is 2.61. The summed E-state index contributed by atoms with van der Waals surface area (Å²) < 4.78 is 0. The molecule has 0 aromatic heterocycles. The molecule has 0 saturated heterocycles. The molecule has 4 unspecified atom stereocenters. The summed E-state index contributed by atoms with van der Waals surface area (Å²) in [6.07, 6.45) is 6.99. The van der Waals surface area contributed by atoms with Gasteiger partial charge in [0.2, 0.25) is 0 Å². The topological polar surface area (TPSA) is 38.0 Å². The minimum atomic E-state index is 0.616. The van der Waals surface area contributed by atoms with E-state index in [0.717, 1.165) is 24.3 Å². The molecule has 2 heteroatoms. The largest absolute Gasteiger partial charge is 0.388 e. The van der Waals surface area contributed by atoms with Gasteiger partial charge in [-0.2, -0.15) is 0 Å². The fraction of sp³-hybridized carbons (Fsp3) is 0.846. The Labute approximate surface area is 94.3 Å². The SMILES string of the molecule is C=CNC1C(C)CC(CN)CC1CCC. The van der Waals surface area contributed by atoms with Crippen molar-refractivity contribution in [2.75, 3.05) is 6.54 Å². The van der Waals surface area contributed by atoms with E-state index in [0.29, 0.717) is 6.04 Å². The molecule has 0 aromatic carbocycles. The molecule has 0 radical (unpaired) electrons. The van der Waals surface area contributed by atoms with Gasteiger partial charge in [0, 0.05) is 6.04 Å². The summed E-state index contributed by atoms with van der Waals surface area (Å²) in [5.74, 6) is 2.24. The second kappa shape index (κ2) is 6.16. The molecule has 1 saturated carbocycles. The van der Waals surface area contributed by atoms with E-state index in [1.54, 1.807) is 0 Å². The van der Waals surface area contributed by atoms with E-state index in [2.05, 4.69) is 25.7 Å². The van der Waals surface area contributed by atoms with E-state index in [9.17, 15) is 0 Å². The van der Waals surface area contributed by atoms with Crippen molar-refractivity contribution >= 4 is 0 Å². The predicted octanol–water partition coefficient (Wildman–Crippen LogP) is 2.51. The highest BCUT2D eigenvalue weighted by Gasteiger charge is 2.33. The number of rotatable bonds is 5. The normalized spacial score (nSPS) is 36.2. The van der Waals surface area contributed by atoms with Crippen molar-refractivity contribution in [2.24, 2.45) is 23.5 Å². The second-order valence-electron chi connectivity index (χ2n) is 5.00. The third-order valence-electron chi connectivity index (χ3n) is 3.77. The van der Waals surface area contributed by atoms with Gasteiger partial charge in [-0.3, -0.25) is 0 Å². The predicted molar refractivity (Wildman–Crippen MR) is 66.5 cm³/mol. The van der Waals surface area contributed by atoms with Gasteiger partial charge in [-0.1, -0.05) is 26.8 Å². The summed E-state index contributed by atoms with van der Waals surface area (Å²) in [7, 11) is 0. The number of nitrogens with one attached hydrogen (secondary N) is 1. The third-order valence-corrected chi connectivity index (χ3v) is 3.77. The maximum absolute atomic E-state index is 5.80. The molecule has 1 aliphatic rings. The van der Waals surface area contributed by atoms with Crippen molar-refractivity contribution in [3.63, 3.8) is 0 Å². The van der Waals surface area contributed by atoms with Gasteiger partial charge in [0.15, 0.2) is 0 Å². The zero-order valence-corrected chi connectivity index (χ0v) is 10.2. The average Bonchev–Trinajstić information content (AvgIpc) is 2.23. The van der Waals surface area contributed by atoms with E-state index < -0.39 is 0 Å². The quantitative estimate of drug-likeness (QED) is 0.731. The summed E-state index contributed by atoms with van der Waals surface area (Å²) in [6, 6.07) is 0.616. The number of hydrogen-bond donors (Lipinski definition) is 2. The van der Waals surface area contributed by atoms with Gasteiger partial charge in [0.05, 0.1) is 0 Å². The van der Waals surface area contributed by atoms with Crippen LogP contribution >= 0.6 is 0 Å². The first-order valence-electron chi connectivity index (χ1n) is 6.29. The van der Waals surface area contributed by atoms with Gasteiger partial charge in [-0.15, -0.1) is 0 Å². The van der Waals surface area contributed by atoms with Gasteiger partial charge >= 0.3 is 0 Å². The number of hydrogen-bond acceptors (Lipinski definition) is 2. The lowest BCUT2D eigenvalue weighted by Crippen LogP contribution is -2.45. The molecular weight excluding hydrogens is 184 g/mol. The highest BCUT2D eigenvalue weighted by molar-refractivity contribution is 4.91. The number of nitrogens with two attached hydrogens (primary N) is 1. The molecule has 2 nitrogen and oxygen atoms in total. The Bertz CT molecular complexity index is 191. The standard InChI is InChI=1S/C13H26N2/c1-4-6-12-8-11(9-14)7-10(3)13(12)15-5-2/h5,10-13,15H,2,4,6-9,14H2,1,3H3. The molecule has 0 spiro atoms. The first kappa shape index (κ1) is 12.6. The monoisotopic (exact) mass is 210 g/mol. The first-order valence-corrected chi connectivity index (χ1v) is 6.29. The summed E-state index contributed by atoms with van der Waals surface area (Å²) in [5.41, 5.74) is 5.80. The molecule has 1 aliphatic carbocycles. The molecule has 15 heavy (non-hydrogen) atoms. The van der Waals surface area contributed by atoms with E-state index in [4.69, 9.17) is 5.73 Å². The Morgan fingerprint density at radius 1 is 1.47 bits per heavy atom. The van der Waals surface area contributed by atoms with E-state index >= 15 is 0 Å². The third kappa shape index (κ3) is 3.23. The molecule has 0 aromatic rings. The summed E-state index contributed by atoms with van der Waals surface area (Å²) >= 11 is 0. The van der Waals surface area contributed by atoms with E-state index in [1.165, 1.54) is 25.7 Å². The molecule has 3 N–H and O–H groups in total. The summed E-state index contributed by atoms with van der Waals surface area (Å²) in [5, 5.41) is 3.44. The van der Waals surface area contributed by atoms with Crippen molar-refractivity contribution < 1.29 is 0 Å². The van der Waals surface area contributed by atoms with E-state index in [1.807, 2.05) is 6.20 Å². The Kier molecular flexibility index (Phi) is 5.16. The molecule has 4 atom stereocenters. The summed E-state index contributed by atoms with van der Waals surface area (Å²) in [6.45, 7) is 9.24. The minimum absolute atomic E-state index is 0.616. The van der Waals surface area contributed by atoms with Crippen molar-refractivity contribution in [1.29, 1.82) is 0 Å². The lowest BCUT2D eigenvalue weighted by Gasteiger charge is -2.40. The van der Waals surface area contributed by atoms with Crippen LogP contribution in [-0.2, 0) is 0 Å². The van der Waals surface area contributed by atoms with Crippen molar-refractivity contribution in [3.8, 4) is 0 Å². The van der Waals surface area contributed by atoms with Gasteiger partial charge < -0.3 is 11.1 Å². The lowest BCUT2D eigenvalue weighted by molar-refractivity contribution is 0.149. The molecule has 88 valence electrons. The van der Waals surface area contributed by atoms with Crippen LogP contribution in [0.2, 0.25) is 0 Å². The zero-order valence-electron chi connectivity index (χ0n) is 10.2. The lowest BCUT2D eigenvalue weighted by atomic mass is 9.71. The van der Waals surface area contributed by atoms with Crippen LogP contribution in [0.15, 0.2) is 12.8 Å². The molecule has 1 rings (SSSR count). The molecular formula is C13H26N2. The van der Waals surface area contributed by atoms with E-state index in [-0.39, 0.29) is 0 Å². The van der Waals surface area contributed by atoms with Crippen LogP contribution in [0.4, 0.5) is 0 Å². The zero-order chi connectivity index (χ0) is 11.3. The second-order valence-corrected chi connectivity index (χ2v) is 5.00. The molecule has 0 bridgehead atoms. The fourth-order valence-electron chi connectivity index (χ4n) is 3.11. The summed E-state index contributed by atoms with van der Waals surface area (Å²) in [4.78, 5) is 0.